The van der Waals surface area contributed by atoms with Crippen LogP contribution in [0.25, 0.3) is 107 Å². The molecule has 0 bridgehead atoms. The molecule has 0 saturated heterocycles. The molecule has 0 spiro atoms. The van der Waals surface area contributed by atoms with Gasteiger partial charge in [-0.15, -0.1) is 86.6 Å². The van der Waals surface area contributed by atoms with Gasteiger partial charge in [-0.3, -0.25) is 0 Å². The lowest BCUT2D eigenvalue weighted by atomic mass is 9.81. The summed E-state index contributed by atoms with van der Waals surface area (Å²) in [6, 6.07) is 86.5. The second-order valence-electron chi connectivity index (χ2n) is 27.5. The Bertz CT molecular complexity index is 4800. The van der Waals surface area contributed by atoms with Crippen LogP contribution in [0.2, 0.25) is 0 Å². The van der Waals surface area contributed by atoms with E-state index in [2.05, 4.69) is 311 Å². The second-order valence-corrected chi connectivity index (χ2v) is 30.8. The molecule has 0 fully saturated rings. The molecule has 14 rings (SSSR count). The third-order valence-corrected chi connectivity index (χ3v) is 24.1. The van der Waals surface area contributed by atoms with E-state index in [1.807, 2.05) is 82.6 Å². The summed E-state index contributed by atoms with van der Waals surface area (Å²) in [6.45, 7) is 40.9. The van der Waals surface area contributed by atoms with Crippen LogP contribution < -0.4 is 0 Å². The van der Waals surface area contributed by atoms with Gasteiger partial charge in [0.05, 0.1) is 0 Å². The Morgan fingerprint density at radius 2 is 0.414 bits per heavy atom. The molecule has 0 atom stereocenters. The fraction of sp³-hybridized carbons (Fsp3) is 0.146. The molecule has 3 heteroatoms. The molecule has 0 aliphatic heterocycles. The normalized spacial score (nSPS) is 12.8. The third-order valence-electron chi connectivity index (χ3n) is 20.6. The van der Waals surface area contributed by atoms with E-state index in [9.17, 15) is 0 Å². The van der Waals surface area contributed by atoms with Crippen molar-refractivity contribution in [2.45, 2.75) is 64.2 Å². The van der Waals surface area contributed by atoms with Crippen molar-refractivity contribution in [3.8, 4) is 107 Å². The SMILES string of the molecule is C=CC(C=C)Cc1ccc(-c2ccc(-c3ccc4c(c3)C(C)(C)c3cc(-c5ccc(-c6ccc(CC(C=C)C=C)cc6)s5)ccc3-4)cc2)cc1.C=CC(C=C)Cc1ccc(-c2ccc(-c3ccc4c(c3)C(C)(C)c3cc(-c5ccc(-c6ccc(CC(C=C)C=C)cc6)s5)ccc3-4)s2)cc1. The van der Waals surface area contributed by atoms with Crippen molar-refractivity contribution in [1.29, 1.82) is 0 Å². The summed E-state index contributed by atoms with van der Waals surface area (Å²) in [5, 5.41) is 0. The quantitative estimate of drug-likeness (QED) is 0.0529. The van der Waals surface area contributed by atoms with Crippen LogP contribution in [0.3, 0.4) is 0 Å². The minimum absolute atomic E-state index is 0.0913. The smallest absolute Gasteiger partial charge is 0.0349 e. The van der Waals surface area contributed by atoms with Crippen LogP contribution in [-0.4, -0.2) is 0 Å². The molecule has 12 aromatic rings. The third kappa shape index (κ3) is 14.1. The van der Waals surface area contributed by atoms with Gasteiger partial charge in [0, 0.05) is 40.1 Å². The minimum atomic E-state index is -0.0980. The van der Waals surface area contributed by atoms with Gasteiger partial charge in [-0.05, 0) is 232 Å². The molecule has 2 aliphatic carbocycles. The first-order chi connectivity index (χ1) is 48.1. The summed E-state index contributed by atoms with van der Waals surface area (Å²) in [4.78, 5) is 7.76. The molecule has 0 amide bonds. The summed E-state index contributed by atoms with van der Waals surface area (Å²) >= 11 is 5.59. The van der Waals surface area contributed by atoms with E-state index in [1.54, 1.807) is 0 Å². The Kier molecular flexibility index (Phi) is 19.9. The molecule has 0 unspecified atom stereocenters. The van der Waals surface area contributed by atoms with Crippen molar-refractivity contribution < 1.29 is 0 Å². The largest absolute Gasteiger partial charge is 0.135 e. The van der Waals surface area contributed by atoms with E-state index >= 15 is 0 Å². The molecule has 0 nitrogen and oxygen atoms in total. The summed E-state index contributed by atoms with van der Waals surface area (Å²) in [6.07, 6.45) is 19.5. The number of hydrogen-bond acceptors (Lipinski definition) is 3. The van der Waals surface area contributed by atoms with Gasteiger partial charge in [0.25, 0.3) is 0 Å². The standard InChI is InChI=1S/C49H44S.C47H42S2/c1-7-33(8-2)29-35-11-15-37(16-12-35)38-19-21-39(22-20-38)41-23-25-43-44-26-24-42(32-46(44)49(5,6)45(43)31-41)48-28-27-47(50-48)40-17-13-36(14-18-40)30-34(9-3)10-4;1-7-31(8-2)27-33-11-15-35(16-12-33)43-23-25-45(48-43)37-19-21-39-40-22-20-38(30-42(40)47(5,6)41(39)29-37)46-26-24-44(49-46)36-17-13-34(14-18-36)28-32(9-3)10-4/h7-28,31-34H,1-4,29-30H2,5-6H3;7-26,29-32H,1-4,27-28H2,5-6H3. The summed E-state index contributed by atoms with van der Waals surface area (Å²) in [5.74, 6) is 1.21. The fourth-order valence-electron chi connectivity index (χ4n) is 14.3. The van der Waals surface area contributed by atoms with E-state index < -0.39 is 0 Å². The van der Waals surface area contributed by atoms with Gasteiger partial charge >= 0.3 is 0 Å². The molecule has 2 aliphatic rings. The van der Waals surface area contributed by atoms with Crippen LogP contribution in [0.1, 0.15) is 72.2 Å². The van der Waals surface area contributed by atoms with Gasteiger partial charge in [0.1, 0.15) is 0 Å². The van der Waals surface area contributed by atoms with Gasteiger partial charge in [-0.2, -0.15) is 0 Å². The van der Waals surface area contributed by atoms with Crippen molar-refractivity contribution in [2.75, 3.05) is 0 Å². The monoisotopic (exact) mass is 1330 g/mol. The average molecular weight is 1340 g/mol. The Balaban J connectivity index is 0.000000178. The average Bonchev–Trinajstić information content (AvgIpc) is 1.58. The number of benzene rings is 9. The lowest BCUT2D eigenvalue weighted by Crippen LogP contribution is -2.15. The zero-order chi connectivity index (χ0) is 69.0. The van der Waals surface area contributed by atoms with Gasteiger partial charge in [0.2, 0.25) is 0 Å². The zero-order valence-electron chi connectivity index (χ0n) is 57.6. The van der Waals surface area contributed by atoms with E-state index in [0.717, 1.165) is 25.7 Å². The van der Waals surface area contributed by atoms with Crippen LogP contribution in [0.5, 0.6) is 0 Å². The number of thiophene rings is 3. The number of allylic oxidation sites excluding steroid dienone is 8. The minimum Gasteiger partial charge on any atom is -0.135 e. The molecular weight excluding hydrogens is 1250 g/mol. The van der Waals surface area contributed by atoms with Gasteiger partial charge in [-0.25, -0.2) is 0 Å². The van der Waals surface area contributed by atoms with Crippen molar-refractivity contribution in [2.24, 2.45) is 23.7 Å². The Morgan fingerprint density at radius 3 is 0.657 bits per heavy atom. The highest BCUT2D eigenvalue weighted by Gasteiger charge is 2.38. The van der Waals surface area contributed by atoms with E-state index in [-0.39, 0.29) is 10.8 Å². The molecule has 3 heterocycles. The lowest BCUT2D eigenvalue weighted by Gasteiger charge is -2.22. The van der Waals surface area contributed by atoms with Crippen molar-refractivity contribution in [3.63, 3.8) is 0 Å². The molecule has 0 saturated carbocycles. The highest BCUT2D eigenvalue weighted by atomic mass is 32.1. The number of rotatable bonds is 24. The number of hydrogen-bond donors (Lipinski definition) is 0. The number of fused-ring (bicyclic) bond motifs is 6. The van der Waals surface area contributed by atoms with Crippen molar-refractivity contribution in [3.05, 3.63) is 376 Å². The van der Waals surface area contributed by atoms with E-state index in [4.69, 9.17) is 0 Å². The molecule has 488 valence electrons. The first kappa shape index (κ1) is 67.6. The van der Waals surface area contributed by atoms with E-state index in [1.165, 1.54) is 152 Å². The maximum Gasteiger partial charge on any atom is 0.0349 e. The zero-order valence-corrected chi connectivity index (χ0v) is 60.0. The molecule has 9 aromatic carbocycles. The molecule has 0 radical (unpaired) electrons. The first-order valence-corrected chi connectivity index (χ1v) is 36.9. The van der Waals surface area contributed by atoms with Gasteiger partial charge in [-0.1, -0.05) is 246 Å². The first-order valence-electron chi connectivity index (χ1n) is 34.5. The highest BCUT2D eigenvalue weighted by Crippen LogP contribution is 2.54. The molecular formula is C96H86S3. The Morgan fingerprint density at radius 1 is 0.232 bits per heavy atom. The van der Waals surface area contributed by atoms with Crippen LogP contribution in [0.15, 0.2) is 332 Å². The highest BCUT2D eigenvalue weighted by molar-refractivity contribution is 7.19. The Hall–Kier alpha value is -10.0. The lowest BCUT2D eigenvalue weighted by molar-refractivity contribution is 0.660. The van der Waals surface area contributed by atoms with Crippen LogP contribution in [-0.2, 0) is 36.5 Å². The molecule has 99 heavy (non-hydrogen) atoms. The predicted molar refractivity (Wildman–Crippen MR) is 435 cm³/mol. The molecule has 0 N–H and O–H groups in total. The van der Waals surface area contributed by atoms with Crippen LogP contribution >= 0.6 is 34.0 Å². The Labute approximate surface area is 600 Å². The fourth-order valence-corrected chi connectivity index (χ4v) is 17.3. The van der Waals surface area contributed by atoms with E-state index in [0.29, 0.717) is 23.7 Å². The van der Waals surface area contributed by atoms with Crippen LogP contribution in [0, 0.1) is 23.7 Å². The summed E-state index contributed by atoms with van der Waals surface area (Å²) < 4.78 is 0. The van der Waals surface area contributed by atoms with Gasteiger partial charge in [0.15, 0.2) is 0 Å². The van der Waals surface area contributed by atoms with Crippen LogP contribution in [0.4, 0.5) is 0 Å². The van der Waals surface area contributed by atoms with Crippen molar-refractivity contribution in [1.82, 2.24) is 0 Å². The summed E-state index contributed by atoms with van der Waals surface area (Å²) in [7, 11) is 0. The second kappa shape index (κ2) is 29.2. The summed E-state index contributed by atoms with van der Waals surface area (Å²) in [5.41, 5.74) is 28.6. The predicted octanol–water partition coefficient (Wildman–Crippen LogP) is 27.6. The van der Waals surface area contributed by atoms with Crippen molar-refractivity contribution >= 4 is 34.0 Å². The topological polar surface area (TPSA) is 0 Å². The molecule has 3 aromatic heterocycles. The maximum atomic E-state index is 3.93. The maximum absolute atomic E-state index is 3.93. The van der Waals surface area contributed by atoms with Gasteiger partial charge < -0.3 is 0 Å².